The fourth-order valence-corrected chi connectivity index (χ4v) is 4.21. The maximum absolute atomic E-state index is 11.5. The van der Waals surface area contributed by atoms with Crippen LogP contribution in [0.4, 0.5) is 17.1 Å². The van der Waals surface area contributed by atoms with E-state index in [2.05, 4.69) is 36.2 Å². The predicted molar refractivity (Wildman–Crippen MR) is 139 cm³/mol. The van der Waals surface area contributed by atoms with E-state index < -0.39 is 0 Å². The molecule has 34 heavy (non-hydrogen) atoms. The van der Waals surface area contributed by atoms with Gasteiger partial charge in [-0.15, -0.1) is 0 Å². The first-order valence-electron chi connectivity index (χ1n) is 11.5. The van der Waals surface area contributed by atoms with Crippen molar-refractivity contribution in [1.82, 2.24) is 9.66 Å². The van der Waals surface area contributed by atoms with Crippen LogP contribution in [0.2, 0.25) is 0 Å². The molecule has 1 aliphatic heterocycles. The molecule has 7 nitrogen and oxygen atoms in total. The zero-order valence-corrected chi connectivity index (χ0v) is 19.5. The van der Waals surface area contributed by atoms with Gasteiger partial charge in [-0.3, -0.25) is 4.79 Å². The fraction of sp³-hybridized carbons (Fsp3) is 0.185. The van der Waals surface area contributed by atoms with E-state index in [0.29, 0.717) is 11.5 Å². The molecule has 1 aromatic heterocycles. The number of carbonyl (C=O) groups is 1. The summed E-state index contributed by atoms with van der Waals surface area (Å²) in [6.07, 6.45) is 0. The Bertz CT molecular complexity index is 1410. The van der Waals surface area contributed by atoms with Crippen molar-refractivity contribution in [3.8, 4) is 0 Å². The third-order valence-electron chi connectivity index (χ3n) is 5.85. The largest absolute Gasteiger partial charge is 0.372 e. The first-order valence-corrected chi connectivity index (χ1v) is 11.5. The smallest absolute Gasteiger partial charge is 0.221 e. The van der Waals surface area contributed by atoms with Crippen LogP contribution in [0.25, 0.3) is 11.0 Å². The average molecular weight is 451 g/mol. The van der Waals surface area contributed by atoms with Gasteiger partial charge in [-0.05, 0) is 56.3 Å². The Balaban J connectivity index is 1.61. The van der Waals surface area contributed by atoms with Gasteiger partial charge in [-0.2, -0.15) is 5.10 Å². The van der Waals surface area contributed by atoms with Gasteiger partial charge in [0, 0.05) is 37.0 Å². The highest BCUT2D eigenvalue weighted by Crippen LogP contribution is 2.28. The predicted octanol–water partition coefficient (Wildman–Crippen LogP) is 5.23. The minimum absolute atomic E-state index is 0.120. The first kappa shape index (κ1) is 21.6. The molecule has 4 aromatic rings. The van der Waals surface area contributed by atoms with Gasteiger partial charge in [-0.25, -0.2) is 14.7 Å². The number of imidazole rings is 1. The van der Waals surface area contributed by atoms with Crippen molar-refractivity contribution >= 4 is 45.4 Å². The van der Waals surface area contributed by atoms with Gasteiger partial charge in [0.05, 0.1) is 16.7 Å². The Labute approximate surface area is 198 Å². The van der Waals surface area contributed by atoms with E-state index in [9.17, 15) is 4.79 Å². The van der Waals surface area contributed by atoms with Gasteiger partial charge in [-0.1, -0.05) is 30.3 Å². The second-order valence-corrected chi connectivity index (χ2v) is 8.10. The molecule has 0 radical (unpaired) electrons. The Hall–Kier alpha value is -4.26. The minimum Gasteiger partial charge on any atom is -0.372 e. The van der Waals surface area contributed by atoms with E-state index in [1.807, 2.05) is 65.3 Å². The fourth-order valence-electron chi connectivity index (χ4n) is 4.21. The van der Waals surface area contributed by atoms with Gasteiger partial charge >= 0.3 is 0 Å². The molecule has 1 amide bonds. The van der Waals surface area contributed by atoms with Crippen LogP contribution in [0.15, 0.2) is 82.9 Å². The minimum atomic E-state index is -0.120. The molecule has 5 rings (SSSR count). The zero-order valence-electron chi connectivity index (χ0n) is 19.5. The summed E-state index contributed by atoms with van der Waals surface area (Å²) in [4.78, 5) is 23.6. The number of carbonyl (C=O) groups excluding carboxylic acids is 1. The van der Waals surface area contributed by atoms with Crippen molar-refractivity contribution in [2.24, 2.45) is 10.1 Å². The van der Waals surface area contributed by atoms with Crippen LogP contribution in [-0.4, -0.2) is 40.1 Å². The monoisotopic (exact) mass is 450 g/mol. The van der Waals surface area contributed by atoms with Crippen molar-refractivity contribution in [1.29, 1.82) is 0 Å². The van der Waals surface area contributed by atoms with Crippen LogP contribution in [0.3, 0.4) is 0 Å². The molecular weight excluding hydrogens is 424 g/mol. The highest BCUT2D eigenvalue weighted by atomic mass is 16.1. The van der Waals surface area contributed by atoms with Gasteiger partial charge < -0.3 is 10.2 Å². The topological polar surface area (TPSA) is 74.9 Å². The lowest BCUT2D eigenvalue weighted by Gasteiger charge is -2.20. The lowest BCUT2D eigenvalue weighted by Crippen LogP contribution is -2.21. The summed E-state index contributed by atoms with van der Waals surface area (Å²) in [5.41, 5.74) is 6.82. The van der Waals surface area contributed by atoms with Crippen LogP contribution in [0, 0.1) is 0 Å². The molecule has 0 fully saturated rings. The summed E-state index contributed by atoms with van der Waals surface area (Å²) in [5, 5.41) is 7.71. The third-order valence-corrected chi connectivity index (χ3v) is 5.85. The second-order valence-electron chi connectivity index (χ2n) is 8.10. The van der Waals surface area contributed by atoms with Gasteiger partial charge in [0.25, 0.3) is 0 Å². The molecule has 7 heteroatoms. The maximum Gasteiger partial charge on any atom is 0.221 e. The van der Waals surface area contributed by atoms with E-state index in [-0.39, 0.29) is 5.91 Å². The highest BCUT2D eigenvalue weighted by molar-refractivity contribution is 6.54. The van der Waals surface area contributed by atoms with Crippen molar-refractivity contribution in [2.75, 3.05) is 23.3 Å². The Morgan fingerprint density at radius 3 is 2.41 bits per heavy atom. The van der Waals surface area contributed by atoms with Gasteiger partial charge in [0.1, 0.15) is 11.4 Å². The molecule has 0 spiro atoms. The molecule has 0 aliphatic carbocycles. The molecule has 1 aliphatic rings. The number of anilines is 2. The number of hydrogen-bond acceptors (Lipinski definition) is 5. The Morgan fingerprint density at radius 1 is 1.00 bits per heavy atom. The third kappa shape index (κ3) is 3.96. The van der Waals surface area contributed by atoms with Crippen LogP contribution in [0.1, 0.15) is 32.2 Å². The number of aliphatic imine (C=N–C) groups is 1. The van der Waals surface area contributed by atoms with E-state index in [4.69, 9.17) is 15.1 Å². The standard InChI is InChI=1S/C27H26N6O/c1-4-32(5-2)22-14-11-20(12-15-22)29-26-25(19-9-7-6-8-10-19)31-33-24-16-13-21(28-18(3)34)17-23(24)30-27(26)33/h6-17H,4-5H2,1-3H3,(H,28,34). The van der Waals surface area contributed by atoms with Crippen molar-refractivity contribution < 1.29 is 4.79 Å². The molecule has 2 heterocycles. The van der Waals surface area contributed by atoms with E-state index in [0.717, 1.165) is 46.8 Å². The molecule has 3 aromatic carbocycles. The number of aromatic nitrogens is 2. The van der Waals surface area contributed by atoms with Crippen LogP contribution >= 0.6 is 0 Å². The zero-order chi connectivity index (χ0) is 23.7. The second kappa shape index (κ2) is 8.94. The number of nitrogens with zero attached hydrogens (tertiary/aromatic N) is 5. The summed E-state index contributed by atoms with van der Waals surface area (Å²) in [7, 11) is 0. The molecule has 1 N–H and O–H groups in total. The molecule has 170 valence electrons. The normalized spacial score (nSPS) is 13.7. The Morgan fingerprint density at radius 2 is 1.74 bits per heavy atom. The van der Waals surface area contributed by atoms with Crippen molar-refractivity contribution in [3.05, 3.63) is 84.2 Å². The number of fused-ring (bicyclic) bond motifs is 3. The molecule has 0 saturated heterocycles. The number of hydrogen-bond donors (Lipinski definition) is 1. The Kier molecular flexibility index (Phi) is 5.67. The number of amides is 1. The summed E-state index contributed by atoms with van der Waals surface area (Å²) >= 11 is 0. The van der Waals surface area contributed by atoms with Crippen molar-refractivity contribution in [2.45, 2.75) is 20.8 Å². The van der Waals surface area contributed by atoms with E-state index >= 15 is 0 Å². The molecule has 0 saturated carbocycles. The van der Waals surface area contributed by atoms with Crippen LogP contribution in [0.5, 0.6) is 0 Å². The molecule has 0 unspecified atom stereocenters. The lowest BCUT2D eigenvalue weighted by molar-refractivity contribution is -0.114. The lowest BCUT2D eigenvalue weighted by atomic mass is 10.1. The molecule has 0 atom stereocenters. The van der Waals surface area contributed by atoms with Crippen molar-refractivity contribution in [3.63, 3.8) is 0 Å². The summed E-state index contributed by atoms with van der Waals surface area (Å²) in [6, 6.07) is 23.9. The molecular formula is C27H26N6O. The number of benzene rings is 3. The number of rotatable bonds is 6. The van der Waals surface area contributed by atoms with Crippen LogP contribution < -0.4 is 10.2 Å². The first-order chi connectivity index (χ1) is 16.6. The molecule has 0 bridgehead atoms. The summed E-state index contributed by atoms with van der Waals surface area (Å²) in [5.74, 6) is 0.563. The van der Waals surface area contributed by atoms with Gasteiger partial charge in [0.15, 0.2) is 5.82 Å². The highest BCUT2D eigenvalue weighted by Gasteiger charge is 2.28. The summed E-state index contributed by atoms with van der Waals surface area (Å²) in [6.45, 7) is 7.71. The van der Waals surface area contributed by atoms with Crippen LogP contribution in [-0.2, 0) is 4.79 Å². The SMILES string of the molecule is CCN(CC)c1ccc(N=C2C(c3ccccc3)=Nn3c2nc2cc(NC(C)=O)ccc23)cc1. The number of nitrogens with one attached hydrogen (secondary N) is 1. The maximum atomic E-state index is 11.5. The van der Waals surface area contributed by atoms with E-state index in [1.54, 1.807) is 0 Å². The van der Waals surface area contributed by atoms with E-state index in [1.165, 1.54) is 12.6 Å². The van der Waals surface area contributed by atoms with Gasteiger partial charge in [0.2, 0.25) is 5.91 Å². The summed E-state index contributed by atoms with van der Waals surface area (Å²) < 4.78 is 1.83. The quantitative estimate of drug-likeness (QED) is 0.437. The average Bonchev–Trinajstić information content (AvgIpc) is 3.37.